The number of imidazole rings is 1. The summed E-state index contributed by atoms with van der Waals surface area (Å²) in [5.41, 5.74) is -0.998. The Morgan fingerprint density at radius 3 is 2.94 bits per heavy atom. The maximum absolute atomic E-state index is 11.8. The van der Waals surface area contributed by atoms with Crippen LogP contribution in [0.1, 0.15) is 12.2 Å². The molecule has 1 aliphatic heterocycles. The van der Waals surface area contributed by atoms with Gasteiger partial charge in [0.1, 0.15) is 5.82 Å². The quantitative estimate of drug-likeness (QED) is 0.539. The van der Waals surface area contributed by atoms with Crippen molar-refractivity contribution in [3.63, 3.8) is 0 Å². The van der Waals surface area contributed by atoms with Crippen LogP contribution in [0.4, 0.5) is 0 Å². The van der Waals surface area contributed by atoms with Crippen LogP contribution in [0.3, 0.4) is 0 Å². The minimum atomic E-state index is -3.62. The molecular weight excluding hydrogens is 244 g/mol. The highest BCUT2D eigenvalue weighted by Gasteiger charge is 2.32. The van der Waals surface area contributed by atoms with Crippen molar-refractivity contribution in [2.24, 2.45) is 0 Å². The first-order valence-corrected chi connectivity index (χ1v) is 6.84. The molecule has 17 heavy (non-hydrogen) atoms. The molecule has 0 bridgehead atoms. The molecule has 1 fully saturated rings. The van der Waals surface area contributed by atoms with E-state index in [0.29, 0.717) is 25.3 Å². The van der Waals surface area contributed by atoms with Gasteiger partial charge >= 0.3 is 0 Å². The number of hydrogen-bond acceptors (Lipinski definition) is 5. The number of aliphatic hydroxyl groups is 1. The smallest absolute Gasteiger partial charge is 0.257 e. The third kappa shape index (κ3) is 2.83. The summed E-state index contributed by atoms with van der Waals surface area (Å²) in [6.07, 6.45) is 1.80. The predicted molar refractivity (Wildman–Crippen MR) is 60.9 cm³/mol. The van der Waals surface area contributed by atoms with Crippen LogP contribution in [0, 0.1) is 6.92 Å². The summed E-state index contributed by atoms with van der Waals surface area (Å²) in [6, 6.07) is 0. The first kappa shape index (κ1) is 12.5. The van der Waals surface area contributed by atoms with Gasteiger partial charge in [0.15, 0.2) is 5.03 Å². The number of hydrogen-bond donors (Lipinski definition) is 4. The zero-order chi connectivity index (χ0) is 12.5. The van der Waals surface area contributed by atoms with Gasteiger partial charge < -0.3 is 15.4 Å². The molecule has 1 aliphatic rings. The molecule has 96 valence electrons. The molecule has 2 heterocycles. The number of H-pyrrole nitrogens is 1. The minimum Gasteiger partial charge on any atom is -0.387 e. The van der Waals surface area contributed by atoms with Crippen molar-refractivity contribution in [1.82, 2.24) is 20.0 Å². The van der Waals surface area contributed by atoms with Gasteiger partial charge in [0.25, 0.3) is 10.0 Å². The largest absolute Gasteiger partial charge is 0.387 e. The molecule has 1 saturated heterocycles. The lowest BCUT2D eigenvalue weighted by molar-refractivity contribution is 0.0667. The molecule has 8 heteroatoms. The van der Waals surface area contributed by atoms with Crippen LogP contribution >= 0.6 is 0 Å². The van der Waals surface area contributed by atoms with Gasteiger partial charge in [-0.2, -0.15) is 0 Å². The molecule has 1 aromatic rings. The standard InChI is InChI=1S/C9H16N4O3S/c1-7-11-4-8(13-7)17(15,16)12-6-9(14)2-3-10-5-9/h4,10,12,14H,2-3,5-6H2,1H3,(H,11,13). The lowest BCUT2D eigenvalue weighted by atomic mass is 10.1. The fourth-order valence-electron chi connectivity index (χ4n) is 1.72. The van der Waals surface area contributed by atoms with Crippen molar-refractivity contribution in [2.45, 2.75) is 24.0 Å². The van der Waals surface area contributed by atoms with Crippen molar-refractivity contribution in [3.8, 4) is 0 Å². The van der Waals surface area contributed by atoms with E-state index in [2.05, 4.69) is 20.0 Å². The number of aromatic amines is 1. The Labute approximate surface area is 99.7 Å². The average molecular weight is 260 g/mol. The van der Waals surface area contributed by atoms with Gasteiger partial charge in [0, 0.05) is 13.1 Å². The number of rotatable bonds is 4. The molecule has 4 N–H and O–H groups in total. The van der Waals surface area contributed by atoms with Crippen LogP contribution in [0.15, 0.2) is 11.2 Å². The molecule has 1 unspecified atom stereocenters. The van der Waals surface area contributed by atoms with E-state index < -0.39 is 15.6 Å². The number of sulfonamides is 1. The van der Waals surface area contributed by atoms with Gasteiger partial charge in [-0.05, 0) is 19.9 Å². The zero-order valence-electron chi connectivity index (χ0n) is 9.52. The number of aryl methyl sites for hydroxylation is 1. The van der Waals surface area contributed by atoms with E-state index in [1.165, 1.54) is 6.20 Å². The highest BCUT2D eigenvalue weighted by Crippen LogP contribution is 2.14. The van der Waals surface area contributed by atoms with E-state index >= 15 is 0 Å². The van der Waals surface area contributed by atoms with Crippen molar-refractivity contribution in [1.29, 1.82) is 0 Å². The Morgan fingerprint density at radius 2 is 2.41 bits per heavy atom. The van der Waals surface area contributed by atoms with Crippen LogP contribution in [0.2, 0.25) is 0 Å². The van der Waals surface area contributed by atoms with E-state index in [1.807, 2.05) is 0 Å². The average Bonchev–Trinajstić information content (AvgIpc) is 2.86. The summed E-state index contributed by atoms with van der Waals surface area (Å²) in [5, 5.41) is 13.0. The molecule has 0 amide bonds. The maximum atomic E-state index is 11.8. The highest BCUT2D eigenvalue weighted by molar-refractivity contribution is 7.89. The Hall–Kier alpha value is -0.960. The monoisotopic (exact) mass is 260 g/mol. The Morgan fingerprint density at radius 1 is 1.65 bits per heavy atom. The lowest BCUT2D eigenvalue weighted by Crippen LogP contribution is -2.44. The van der Waals surface area contributed by atoms with Gasteiger partial charge in [0.05, 0.1) is 11.8 Å². The molecule has 0 aliphatic carbocycles. The van der Waals surface area contributed by atoms with Crippen molar-refractivity contribution >= 4 is 10.0 Å². The Balaban J connectivity index is 2.03. The number of nitrogens with zero attached hydrogens (tertiary/aromatic N) is 1. The van der Waals surface area contributed by atoms with Crippen LogP contribution in [0.25, 0.3) is 0 Å². The fraction of sp³-hybridized carbons (Fsp3) is 0.667. The summed E-state index contributed by atoms with van der Waals surface area (Å²) >= 11 is 0. The summed E-state index contributed by atoms with van der Waals surface area (Å²) < 4.78 is 26.0. The minimum absolute atomic E-state index is 0.000398. The van der Waals surface area contributed by atoms with E-state index in [9.17, 15) is 13.5 Å². The zero-order valence-corrected chi connectivity index (χ0v) is 10.3. The van der Waals surface area contributed by atoms with Crippen LogP contribution < -0.4 is 10.0 Å². The molecule has 7 nitrogen and oxygen atoms in total. The van der Waals surface area contributed by atoms with E-state index in [4.69, 9.17) is 0 Å². The van der Waals surface area contributed by atoms with Crippen LogP contribution in [0.5, 0.6) is 0 Å². The summed E-state index contributed by atoms with van der Waals surface area (Å²) in [7, 11) is -3.62. The molecule has 1 atom stereocenters. The third-order valence-corrected chi connectivity index (χ3v) is 4.09. The Kier molecular flexibility index (Phi) is 3.21. The van der Waals surface area contributed by atoms with Crippen LogP contribution in [-0.4, -0.2) is 48.7 Å². The van der Waals surface area contributed by atoms with Gasteiger partial charge in [0.2, 0.25) is 0 Å². The summed E-state index contributed by atoms with van der Waals surface area (Å²) in [5.74, 6) is 0.534. The molecule has 0 aromatic carbocycles. The molecule has 0 spiro atoms. The van der Waals surface area contributed by atoms with Gasteiger partial charge in [-0.3, -0.25) is 0 Å². The lowest BCUT2D eigenvalue weighted by Gasteiger charge is -2.21. The SMILES string of the molecule is Cc1ncc(S(=O)(=O)NCC2(O)CCNC2)[nH]1. The Bertz CT molecular complexity index is 490. The van der Waals surface area contributed by atoms with Crippen molar-refractivity contribution in [2.75, 3.05) is 19.6 Å². The summed E-state index contributed by atoms with van der Waals surface area (Å²) in [6.45, 7) is 2.77. The van der Waals surface area contributed by atoms with E-state index in [1.54, 1.807) is 6.92 Å². The summed E-state index contributed by atoms with van der Waals surface area (Å²) in [4.78, 5) is 6.48. The second-order valence-electron chi connectivity index (χ2n) is 4.31. The maximum Gasteiger partial charge on any atom is 0.257 e. The molecular formula is C9H16N4O3S. The number of β-amino-alcohol motifs (C(OH)–C–C–N with tert-alkyl or cyclic N) is 1. The molecule has 0 radical (unpaired) electrons. The number of nitrogens with one attached hydrogen (secondary N) is 3. The van der Waals surface area contributed by atoms with E-state index in [-0.39, 0.29) is 11.6 Å². The normalized spacial score (nSPS) is 25.3. The first-order chi connectivity index (χ1) is 7.91. The first-order valence-electron chi connectivity index (χ1n) is 5.36. The number of aromatic nitrogens is 2. The van der Waals surface area contributed by atoms with Gasteiger partial charge in [-0.1, -0.05) is 0 Å². The third-order valence-electron chi connectivity index (χ3n) is 2.78. The van der Waals surface area contributed by atoms with Gasteiger partial charge in [-0.25, -0.2) is 18.1 Å². The highest BCUT2D eigenvalue weighted by atomic mass is 32.2. The topological polar surface area (TPSA) is 107 Å². The molecule has 2 rings (SSSR count). The predicted octanol–water partition coefficient (Wildman–Crippen LogP) is -1.28. The van der Waals surface area contributed by atoms with E-state index in [0.717, 1.165) is 0 Å². The van der Waals surface area contributed by atoms with Crippen molar-refractivity contribution < 1.29 is 13.5 Å². The van der Waals surface area contributed by atoms with Gasteiger partial charge in [-0.15, -0.1) is 0 Å². The second kappa shape index (κ2) is 4.37. The molecule has 1 aromatic heterocycles. The van der Waals surface area contributed by atoms with Crippen LogP contribution in [-0.2, 0) is 10.0 Å². The second-order valence-corrected chi connectivity index (χ2v) is 6.04. The van der Waals surface area contributed by atoms with Crippen molar-refractivity contribution in [3.05, 3.63) is 12.0 Å². The molecule has 0 saturated carbocycles. The fourth-order valence-corrected chi connectivity index (χ4v) is 2.81.